The molecule has 0 bridgehead atoms. The van der Waals surface area contributed by atoms with Gasteiger partial charge in [-0.1, -0.05) is 12.1 Å². The molecule has 0 radical (unpaired) electrons. The lowest BCUT2D eigenvalue weighted by molar-refractivity contribution is -0.305. The Kier molecular flexibility index (Phi) is 4.21. The zero-order valence-electron chi connectivity index (χ0n) is 8.93. The fraction of sp³-hybridized carbons (Fsp3) is 0.182. The van der Waals surface area contributed by atoms with E-state index in [9.17, 15) is 19.5 Å². The molecule has 1 aromatic carbocycles. The quantitative estimate of drug-likeness (QED) is 0.699. The summed E-state index contributed by atoms with van der Waals surface area (Å²) < 4.78 is 0. The minimum Gasteiger partial charge on any atom is -0.550 e. The van der Waals surface area contributed by atoms with E-state index in [0.717, 1.165) is 0 Å². The van der Waals surface area contributed by atoms with Crippen molar-refractivity contribution in [2.45, 2.75) is 12.8 Å². The van der Waals surface area contributed by atoms with Crippen LogP contribution in [0.15, 0.2) is 24.3 Å². The number of para-hydroxylation sites is 1. The van der Waals surface area contributed by atoms with Crippen LogP contribution in [0.3, 0.4) is 0 Å². The summed E-state index contributed by atoms with van der Waals surface area (Å²) in [6, 6.07) is 6.21. The van der Waals surface area contributed by atoms with Gasteiger partial charge in [0.1, 0.15) is 0 Å². The van der Waals surface area contributed by atoms with Crippen LogP contribution < -0.4 is 16.2 Å². The molecule has 6 nitrogen and oxygen atoms in total. The molecule has 0 atom stereocenters. The van der Waals surface area contributed by atoms with E-state index in [-0.39, 0.29) is 24.1 Å². The van der Waals surface area contributed by atoms with Crippen molar-refractivity contribution < 1.29 is 19.5 Å². The average Bonchev–Trinajstić information content (AvgIpc) is 2.27. The zero-order chi connectivity index (χ0) is 12.8. The Hall–Kier alpha value is -2.37. The lowest BCUT2D eigenvalue weighted by atomic mass is 10.1. The van der Waals surface area contributed by atoms with Crippen molar-refractivity contribution in [3.63, 3.8) is 0 Å². The number of nitrogens with two attached hydrogens (primary N) is 1. The second-order valence-corrected chi connectivity index (χ2v) is 3.33. The van der Waals surface area contributed by atoms with Gasteiger partial charge < -0.3 is 21.0 Å². The van der Waals surface area contributed by atoms with Crippen LogP contribution in [0.1, 0.15) is 23.2 Å². The molecular weight excluding hydrogens is 224 g/mol. The number of carbonyl (C=O) groups is 3. The first kappa shape index (κ1) is 12.7. The van der Waals surface area contributed by atoms with Gasteiger partial charge in [0.25, 0.3) is 5.91 Å². The van der Waals surface area contributed by atoms with E-state index in [1.54, 1.807) is 12.1 Å². The van der Waals surface area contributed by atoms with Gasteiger partial charge >= 0.3 is 0 Å². The van der Waals surface area contributed by atoms with E-state index in [1.165, 1.54) is 12.1 Å². The van der Waals surface area contributed by atoms with Gasteiger partial charge in [0.05, 0.1) is 11.3 Å². The summed E-state index contributed by atoms with van der Waals surface area (Å²) in [6.45, 7) is 0. The van der Waals surface area contributed by atoms with E-state index >= 15 is 0 Å². The molecule has 0 aliphatic rings. The standard InChI is InChI=1S/C11H12N2O4/c12-11(17)7-3-1-2-4-8(7)13-9(14)5-6-10(15)16/h1-4H,5-6H2,(H2,12,17)(H,13,14)(H,15,16)/p-1. The molecule has 0 aliphatic carbocycles. The summed E-state index contributed by atoms with van der Waals surface area (Å²) in [6.07, 6.45) is -0.583. The van der Waals surface area contributed by atoms with Crippen molar-refractivity contribution in [2.75, 3.05) is 5.32 Å². The Bertz CT molecular complexity index is 457. The Morgan fingerprint density at radius 1 is 1.18 bits per heavy atom. The molecule has 1 aromatic rings. The molecule has 0 fully saturated rings. The predicted molar refractivity (Wildman–Crippen MR) is 57.8 cm³/mol. The number of aliphatic carboxylic acids is 1. The summed E-state index contributed by atoms with van der Waals surface area (Å²) in [4.78, 5) is 32.5. The van der Waals surface area contributed by atoms with E-state index in [0.29, 0.717) is 0 Å². The molecule has 6 heteroatoms. The largest absolute Gasteiger partial charge is 0.550 e. The molecule has 17 heavy (non-hydrogen) atoms. The van der Waals surface area contributed by atoms with E-state index in [2.05, 4.69) is 5.32 Å². The summed E-state index contributed by atoms with van der Waals surface area (Å²) >= 11 is 0. The fourth-order valence-electron chi connectivity index (χ4n) is 1.24. The molecule has 2 amide bonds. The first-order valence-corrected chi connectivity index (χ1v) is 4.89. The van der Waals surface area contributed by atoms with Crippen LogP contribution in [-0.2, 0) is 9.59 Å². The highest BCUT2D eigenvalue weighted by atomic mass is 16.4. The summed E-state index contributed by atoms with van der Waals surface area (Å²) in [7, 11) is 0. The van der Waals surface area contributed by atoms with Crippen LogP contribution in [0.25, 0.3) is 0 Å². The summed E-state index contributed by atoms with van der Waals surface area (Å²) in [5, 5.41) is 12.6. The molecule has 0 aromatic heterocycles. The highest BCUT2D eigenvalue weighted by Crippen LogP contribution is 2.14. The second kappa shape index (κ2) is 5.64. The SMILES string of the molecule is NC(=O)c1ccccc1NC(=O)CCC(=O)[O-]. The average molecular weight is 235 g/mol. The van der Waals surface area contributed by atoms with Crippen LogP contribution in [-0.4, -0.2) is 17.8 Å². The van der Waals surface area contributed by atoms with Gasteiger partial charge in [-0.05, 0) is 18.6 Å². The molecule has 3 N–H and O–H groups in total. The molecule has 0 unspecified atom stereocenters. The van der Waals surface area contributed by atoms with Crippen molar-refractivity contribution in [1.29, 1.82) is 0 Å². The number of hydrogen-bond acceptors (Lipinski definition) is 4. The third-order valence-electron chi connectivity index (χ3n) is 2.02. The van der Waals surface area contributed by atoms with E-state index < -0.39 is 17.8 Å². The molecule has 90 valence electrons. The van der Waals surface area contributed by atoms with Gasteiger partial charge in [0.15, 0.2) is 0 Å². The van der Waals surface area contributed by atoms with Gasteiger partial charge in [0.2, 0.25) is 5.91 Å². The molecule has 0 spiro atoms. The number of carboxylic acids is 1. The summed E-state index contributed by atoms with van der Waals surface area (Å²) in [5.41, 5.74) is 5.56. The molecule has 0 heterocycles. The summed E-state index contributed by atoms with van der Waals surface area (Å²) in [5.74, 6) is -2.48. The van der Waals surface area contributed by atoms with Crippen LogP contribution in [0.5, 0.6) is 0 Å². The number of primary amides is 1. The lowest BCUT2D eigenvalue weighted by Gasteiger charge is -2.08. The van der Waals surface area contributed by atoms with Gasteiger partial charge in [-0.25, -0.2) is 0 Å². The zero-order valence-corrected chi connectivity index (χ0v) is 8.93. The number of anilines is 1. The van der Waals surface area contributed by atoms with Crippen LogP contribution >= 0.6 is 0 Å². The van der Waals surface area contributed by atoms with Gasteiger partial charge in [-0.15, -0.1) is 0 Å². The number of amides is 2. The van der Waals surface area contributed by atoms with Crippen LogP contribution in [0.4, 0.5) is 5.69 Å². The van der Waals surface area contributed by atoms with E-state index in [1.807, 2.05) is 0 Å². The predicted octanol–water partition coefficient (Wildman–Crippen LogP) is -0.746. The number of carbonyl (C=O) groups excluding carboxylic acids is 3. The third kappa shape index (κ3) is 3.94. The fourth-order valence-corrected chi connectivity index (χ4v) is 1.24. The van der Waals surface area contributed by atoms with Crippen molar-refractivity contribution >= 4 is 23.5 Å². The molecule has 0 saturated heterocycles. The lowest BCUT2D eigenvalue weighted by Crippen LogP contribution is -2.24. The number of nitrogens with one attached hydrogen (secondary N) is 1. The maximum Gasteiger partial charge on any atom is 0.250 e. The van der Waals surface area contributed by atoms with Crippen molar-refractivity contribution in [3.8, 4) is 0 Å². The number of hydrogen-bond donors (Lipinski definition) is 2. The Balaban J connectivity index is 2.71. The number of benzene rings is 1. The third-order valence-corrected chi connectivity index (χ3v) is 2.02. The highest BCUT2D eigenvalue weighted by molar-refractivity contribution is 6.03. The second-order valence-electron chi connectivity index (χ2n) is 3.33. The van der Waals surface area contributed by atoms with Crippen molar-refractivity contribution in [2.24, 2.45) is 5.73 Å². The number of carboxylic acid groups (broad SMARTS) is 1. The monoisotopic (exact) mass is 235 g/mol. The first-order chi connectivity index (χ1) is 8.00. The maximum absolute atomic E-state index is 11.3. The van der Waals surface area contributed by atoms with Crippen LogP contribution in [0.2, 0.25) is 0 Å². The highest BCUT2D eigenvalue weighted by Gasteiger charge is 2.09. The minimum absolute atomic E-state index is 0.175. The van der Waals surface area contributed by atoms with Crippen LogP contribution in [0, 0.1) is 0 Å². The van der Waals surface area contributed by atoms with Crippen molar-refractivity contribution in [3.05, 3.63) is 29.8 Å². The Morgan fingerprint density at radius 3 is 2.41 bits per heavy atom. The molecular formula is C11H11N2O4-. The topological polar surface area (TPSA) is 112 Å². The first-order valence-electron chi connectivity index (χ1n) is 4.89. The Labute approximate surface area is 97.4 Å². The van der Waals surface area contributed by atoms with Gasteiger partial charge in [-0.3, -0.25) is 9.59 Å². The molecule has 1 rings (SSSR count). The number of rotatable bonds is 5. The maximum atomic E-state index is 11.3. The molecule has 0 saturated carbocycles. The van der Waals surface area contributed by atoms with Crippen molar-refractivity contribution in [1.82, 2.24) is 0 Å². The normalized spacial score (nSPS) is 9.65. The smallest absolute Gasteiger partial charge is 0.250 e. The van der Waals surface area contributed by atoms with Gasteiger partial charge in [0, 0.05) is 12.4 Å². The van der Waals surface area contributed by atoms with E-state index in [4.69, 9.17) is 5.73 Å². The molecule has 0 aliphatic heterocycles. The Morgan fingerprint density at radius 2 is 1.82 bits per heavy atom. The minimum atomic E-state index is -1.30. The van der Waals surface area contributed by atoms with Gasteiger partial charge in [-0.2, -0.15) is 0 Å².